The Hall–Kier alpha value is -4.08. The summed E-state index contributed by atoms with van der Waals surface area (Å²) in [5.74, 6) is -1.49. The zero-order chi connectivity index (χ0) is 23.0. The molecule has 4 rings (SSSR count). The van der Waals surface area contributed by atoms with Crippen LogP contribution in [-0.4, -0.2) is 24.8 Å². The van der Waals surface area contributed by atoms with Crippen LogP contribution >= 0.6 is 0 Å². The highest BCUT2D eigenvalue weighted by Crippen LogP contribution is 2.14. The van der Waals surface area contributed by atoms with E-state index in [4.69, 9.17) is 0 Å². The summed E-state index contributed by atoms with van der Waals surface area (Å²) >= 11 is 0. The number of rotatable bonds is 5. The lowest BCUT2D eigenvalue weighted by Gasteiger charge is -2.12. The van der Waals surface area contributed by atoms with Gasteiger partial charge in [-0.3, -0.25) is 23.4 Å². The largest absolute Gasteiger partial charge is 0.332 e. The van der Waals surface area contributed by atoms with Crippen molar-refractivity contribution >= 4 is 22.6 Å². The molecule has 32 heavy (non-hydrogen) atoms. The maximum Gasteiger partial charge on any atom is 0.332 e. The van der Waals surface area contributed by atoms with E-state index in [2.05, 4.69) is 10.4 Å². The second kappa shape index (κ2) is 8.22. The topological polar surface area (TPSA) is 90.9 Å². The van der Waals surface area contributed by atoms with E-state index in [1.54, 1.807) is 20.0 Å². The lowest BCUT2D eigenvalue weighted by Crippen LogP contribution is -2.41. The molecule has 0 radical (unpaired) electrons. The van der Waals surface area contributed by atoms with E-state index >= 15 is 0 Å². The van der Waals surface area contributed by atoms with Crippen LogP contribution in [0.3, 0.4) is 0 Å². The van der Waals surface area contributed by atoms with Crippen molar-refractivity contribution in [2.45, 2.75) is 20.0 Å². The average Bonchev–Trinajstić information content (AvgIpc) is 3.14. The first-order chi connectivity index (χ1) is 15.2. The SMILES string of the molecule is Cc1ccc(NC(=O)Cn2c(=O)n(Cc3ccc(F)cc3)c(=O)c3nn(C)cc32)cc1F. The molecule has 2 heterocycles. The van der Waals surface area contributed by atoms with Crippen LogP contribution in [0.5, 0.6) is 0 Å². The molecule has 0 aliphatic heterocycles. The molecule has 2 aromatic carbocycles. The van der Waals surface area contributed by atoms with Gasteiger partial charge in [0.15, 0.2) is 5.52 Å². The van der Waals surface area contributed by atoms with Gasteiger partial charge in [-0.1, -0.05) is 18.2 Å². The number of carbonyl (C=O) groups is 1. The van der Waals surface area contributed by atoms with Crippen molar-refractivity contribution in [3.8, 4) is 0 Å². The van der Waals surface area contributed by atoms with E-state index in [1.807, 2.05) is 0 Å². The van der Waals surface area contributed by atoms with Crippen molar-refractivity contribution in [1.82, 2.24) is 18.9 Å². The maximum absolute atomic E-state index is 13.8. The number of aryl methyl sites for hydroxylation is 2. The summed E-state index contributed by atoms with van der Waals surface area (Å²) in [6.07, 6.45) is 1.47. The predicted octanol–water partition coefficient (Wildman–Crippen LogP) is 2.17. The second-order valence-electron chi connectivity index (χ2n) is 7.44. The van der Waals surface area contributed by atoms with Crippen molar-refractivity contribution in [2.24, 2.45) is 7.05 Å². The number of anilines is 1. The van der Waals surface area contributed by atoms with E-state index in [-0.39, 0.29) is 23.3 Å². The Morgan fingerprint density at radius 3 is 2.47 bits per heavy atom. The van der Waals surface area contributed by atoms with Gasteiger partial charge in [-0.15, -0.1) is 0 Å². The first kappa shape index (κ1) is 21.2. The van der Waals surface area contributed by atoms with E-state index in [9.17, 15) is 23.2 Å². The number of nitrogens with one attached hydrogen (secondary N) is 1. The lowest BCUT2D eigenvalue weighted by molar-refractivity contribution is -0.116. The Morgan fingerprint density at radius 1 is 1.06 bits per heavy atom. The van der Waals surface area contributed by atoms with Gasteiger partial charge in [0.1, 0.15) is 18.2 Å². The number of nitrogens with zero attached hydrogens (tertiary/aromatic N) is 4. The zero-order valence-corrected chi connectivity index (χ0v) is 17.3. The summed E-state index contributed by atoms with van der Waals surface area (Å²) in [7, 11) is 1.59. The summed E-state index contributed by atoms with van der Waals surface area (Å²) in [4.78, 5) is 38.7. The molecule has 0 aliphatic carbocycles. The first-order valence-corrected chi connectivity index (χ1v) is 9.70. The smallest absolute Gasteiger partial charge is 0.324 e. The van der Waals surface area contributed by atoms with Crippen LogP contribution in [0.1, 0.15) is 11.1 Å². The van der Waals surface area contributed by atoms with E-state index < -0.39 is 35.3 Å². The lowest BCUT2D eigenvalue weighted by atomic mass is 10.2. The molecule has 0 aliphatic rings. The Balaban J connectivity index is 1.73. The number of halogens is 2. The van der Waals surface area contributed by atoms with E-state index in [0.29, 0.717) is 11.1 Å². The number of fused-ring (bicyclic) bond motifs is 1. The van der Waals surface area contributed by atoms with Gasteiger partial charge in [0.25, 0.3) is 5.56 Å². The Kier molecular flexibility index (Phi) is 5.43. The predicted molar refractivity (Wildman–Crippen MR) is 115 cm³/mol. The molecule has 1 amide bonds. The minimum absolute atomic E-state index is 0.0170. The molecule has 0 saturated carbocycles. The first-order valence-electron chi connectivity index (χ1n) is 9.70. The number of aromatic nitrogens is 4. The maximum atomic E-state index is 13.8. The molecule has 10 heteroatoms. The van der Waals surface area contributed by atoms with Crippen LogP contribution in [-0.2, 0) is 24.9 Å². The third-order valence-electron chi connectivity index (χ3n) is 5.02. The molecular formula is C22H19F2N5O3. The van der Waals surface area contributed by atoms with Crippen LogP contribution in [0.4, 0.5) is 14.5 Å². The fourth-order valence-electron chi connectivity index (χ4n) is 3.37. The molecular weight excluding hydrogens is 420 g/mol. The molecule has 0 spiro atoms. The minimum atomic E-state index is -0.718. The van der Waals surface area contributed by atoms with Gasteiger partial charge < -0.3 is 5.32 Å². The van der Waals surface area contributed by atoms with Crippen molar-refractivity contribution < 1.29 is 13.6 Å². The Bertz CT molecular complexity index is 1450. The number of hydrogen-bond donors (Lipinski definition) is 1. The number of benzene rings is 2. The highest BCUT2D eigenvalue weighted by molar-refractivity contribution is 5.91. The van der Waals surface area contributed by atoms with Gasteiger partial charge >= 0.3 is 5.69 Å². The third kappa shape index (κ3) is 4.07. The fraction of sp³-hybridized carbons (Fsp3) is 0.182. The van der Waals surface area contributed by atoms with Gasteiger partial charge in [0, 0.05) is 18.9 Å². The summed E-state index contributed by atoms with van der Waals surface area (Å²) in [6, 6.07) is 9.65. The van der Waals surface area contributed by atoms with Crippen LogP contribution < -0.4 is 16.6 Å². The highest BCUT2D eigenvalue weighted by Gasteiger charge is 2.18. The molecule has 1 N–H and O–H groups in total. The van der Waals surface area contributed by atoms with Crippen molar-refractivity contribution in [3.63, 3.8) is 0 Å². The van der Waals surface area contributed by atoms with E-state index in [1.165, 1.54) is 47.3 Å². The van der Waals surface area contributed by atoms with Crippen LogP contribution in [0.25, 0.3) is 11.0 Å². The van der Waals surface area contributed by atoms with Gasteiger partial charge in [0.2, 0.25) is 5.91 Å². The van der Waals surface area contributed by atoms with Crippen LogP contribution in [0.15, 0.2) is 58.3 Å². The number of hydrogen-bond acceptors (Lipinski definition) is 4. The summed E-state index contributed by atoms with van der Waals surface area (Å²) in [5, 5.41) is 6.68. The molecule has 8 nitrogen and oxygen atoms in total. The third-order valence-corrected chi connectivity index (χ3v) is 5.02. The average molecular weight is 439 g/mol. The Morgan fingerprint density at radius 2 is 1.78 bits per heavy atom. The fourth-order valence-corrected chi connectivity index (χ4v) is 3.37. The van der Waals surface area contributed by atoms with Crippen molar-refractivity contribution in [3.05, 3.63) is 92.3 Å². The quantitative estimate of drug-likeness (QED) is 0.516. The van der Waals surface area contributed by atoms with Gasteiger partial charge in [-0.2, -0.15) is 5.10 Å². The highest BCUT2D eigenvalue weighted by atomic mass is 19.1. The molecule has 4 aromatic rings. The second-order valence-corrected chi connectivity index (χ2v) is 7.44. The number of amides is 1. The molecule has 0 atom stereocenters. The molecule has 2 aromatic heterocycles. The monoisotopic (exact) mass is 439 g/mol. The van der Waals surface area contributed by atoms with Crippen LogP contribution in [0, 0.1) is 18.6 Å². The normalized spacial score (nSPS) is 11.1. The summed E-state index contributed by atoms with van der Waals surface area (Å²) in [6.45, 7) is 1.07. The van der Waals surface area contributed by atoms with Gasteiger partial charge in [0.05, 0.1) is 12.1 Å². The number of carbonyl (C=O) groups excluding carboxylic acids is 1. The van der Waals surface area contributed by atoms with Crippen LogP contribution in [0.2, 0.25) is 0 Å². The molecule has 0 bridgehead atoms. The van der Waals surface area contributed by atoms with E-state index in [0.717, 1.165) is 9.13 Å². The molecule has 0 saturated heterocycles. The standard InChI is InChI=1S/C22H19F2N5O3/c1-13-3-8-16(9-17(13)24)25-19(30)12-28-18-11-27(2)26-20(18)21(31)29(22(28)32)10-14-4-6-15(23)7-5-14/h3-9,11H,10,12H2,1-2H3,(H,25,30). The van der Waals surface area contributed by atoms with Crippen molar-refractivity contribution in [2.75, 3.05) is 5.32 Å². The molecule has 0 fully saturated rings. The minimum Gasteiger partial charge on any atom is -0.324 e. The Labute approximate surface area is 180 Å². The van der Waals surface area contributed by atoms with Crippen molar-refractivity contribution in [1.29, 1.82) is 0 Å². The molecule has 0 unspecified atom stereocenters. The summed E-state index contributed by atoms with van der Waals surface area (Å²) in [5.41, 5.74) is 0.0909. The summed E-state index contributed by atoms with van der Waals surface area (Å²) < 4.78 is 30.4. The zero-order valence-electron chi connectivity index (χ0n) is 17.3. The van der Waals surface area contributed by atoms with Gasteiger partial charge in [-0.25, -0.2) is 13.6 Å². The molecule has 164 valence electrons. The van der Waals surface area contributed by atoms with Gasteiger partial charge in [-0.05, 0) is 42.3 Å².